The van der Waals surface area contributed by atoms with Crippen molar-refractivity contribution in [1.82, 2.24) is 29.9 Å². The molecule has 1 atom stereocenters. The van der Waals surface area contributed by atoms with Crippen molar-refractivity contribution in [3.8, 4) is 0 Å². The first-order valence-electron chi connectivity index (χ1n) is 10.7. The van der Waals surface area contributed by atoms with E-state index in [9.17, 15) is 9.59 Å². The van der Waals surface area contributed by atoms with Crippen molar-refractivity contribution in [2.75, 3.05) is 13.1 Å². The van der Waals surface area contributed by atoms with Crippen LogP contribution in [-0.4, -0.2) is 48.9 Å². The Bertz CT molecular complexity index is 1190. The third-order valence-electron chi connectivity index (χ3n) is 5.60. The van der Waals surface area contributed by atoms with Gasteiger partial charge < -0.3 is 9.88 Å². The second-order valence-corrected chi connectivity index (χ2v) is 10.3. The van der Waals surface area contributed by atoms with E-state index in [1.54, 1.807) is 18.2 Å². The topological polar surface area (TPSA) is 96.8 Å². The number of carbonyl (C=O) groups excluding carboxylic acids is 1. The molecule has 8 nitrogen and oxygen atoms in total. The van der Waals surface area contributed by atoms with Gasteiger partial charge in [-0.1, -0.05) is 55.3 Å². The zero-order valence-electron chi connectivity index (χ0n) is 18.4. The number of aromatic amines is 1. The normalized spacial score (nSPS) is 17.2. The van der Waals surface area contributed by atoms with Crippen molar-refractivity contribution in [2.45, 2.75) is 52.5 Å². The van der Waals surface area contributed by atoms with Crippen LogP contribution < -0.4 is 5.56 Å². The molecule has 0 spiro atoms. The molecule has 1 aliphatic rings. The van der Waals surface area contributed by atoms with Crippen molar-refractivity contribution < 1.29 is 4.79 Å². The molecule has 3 heterocycles. The summed E-state index contributed by atoms with van der Waals surface area (Å²) in [5.41, 5.74) is 0.794. The van der Waals surface area contributed by atoms with Gasteiger partial charge in [-0.2, -0.15) is 0 Å². The Hall–Kier alpha value is -2.45. The predicted octanol–water partition coefficient (Wildman–Crippen LogP) is 4.01. The minimum absolute atomic E-state index is 0.0583. The van der Waals surface area contributed by atoms with Crippen LogP contribution in [0.1, 0.15) is 57.3 Å². The summed E-state index contributed by atoms with van der Waals surface area (Å²) >= 11 is 12.6. The summed E-state index contributed by atoms with van der Waals surface area (Å²) in [5.74, 6) is 0.618. The lowest BCUT2D eigenvalue weighted by Crippen LogP contribution is -2.41. The van der Waals surface area contributed by atoms with E-state index in [-0.39, 0.29) is 34.9 Å². The van der Waals surface area contributed by atoms with Crippen LogP contribution in [0.3, 0.4) is 0 Å². The highest BCUT2D eigenvalue weighted by Gasteiger charge is 2.29. The summed E-state index contributed by atoms with van der Waals surface area (Å²) in [6.07, 6.45) is 2.18. The maximum atomic E-state index is 12.7. The first kappa shape index (κ1) is 22.7. The van der Waals surface area contributed by atoms with Gasteiger partial charge >= 0.3 is 0 Å². The van der Waals surface area contributed by atoms with Gasteiger partial charge in [-0.25, -0.2) is 9.67 Å². The molecule has 0 saturated carbocycles. The molecule has 1 fully saturated rings. The maximum absolute atomic E-state index is 12.7. The Morgan fingerprint density at radius 1 is 1.25 bits per heavy atom. The number of benzene rings is 1. The first-order valence-corrected chi connectivity index (χ1v) is 11.4. The molecule has 1 aliphatic heterocycles. The average Bonchev–Trinajstić information content (AvgIpc) is 3.13. The first-order chi connectivity index (χ1) is 15.1. The van der Waals surface area contributed by atoms with Crippen LogP contribution in [0.4, 0.5) is 0 Å². The van der Waals surface area contributed by atoms with E-state index in [0.717, 1.165) is 19.4 Å². The summed E-state index contributed by atoms with van der Waals surface area (Å²) in [6, 6.07) is 5.27. The van der Waals surface area contributed by atoms with E-state index in [1.165, 1.54) is 4.68 Å². The molecule has 1 saturated heterocycles. The van der Waals surface area contributed by atoms with Crippen LogP contribution >= 0.6 is 23.2 Å². The number of halogens is 2. The van der Waals surface area contributed by atoms with E-state index in [4.69, 9.17) is 28.2 Å². The zero-order valence-corrected chi connectivity index (χ0v) is 19.9. The smallest absolute Gasteiger partial charge is 0.281 e. The molecule has 10 heteroatoms. The van der Waals surface area contributed by atoms with E-state index < -0.39 is 0 Å². The summed E-state index contributed by atoms with van der Waals surface area (Å²) in [7, 11) is 0. The molecule has 3 aromatic rings. The zero-order chi connectivity index (χ0) is 23.0. The summed E-state index contributed by atoms with van der Waals surface area (Å²) < 4.78 is 1.53. The van der Waals surface area contributed by atoms with Crippen molar-refractivity contribution in [3.05, 3.63) is 50.0 Å². The van der Waals surface area contributed by atoms with Gasteiger partial charge in [-0.05, 0) is 30.4 Å². The molecule has 1 aromatic carbocycles. The van der Waals surface area contributed by atoms with Gasteiger partial charge in [-0.15, -0.1) is 5.10 Å². The lowest BCUT2D eigenvalue weighted by Gasteiger charge is -2.34. The quantitative estimate of drug-likeness (QED) is 0.613. The molecule has 2 aromatic heterocycles. The third kappa shape index (κ3) is 4.81. The largest absolute Gasteiger partial charge is 0.342 e. The predicted molar refractivity (Wildman–Crippen MR) is 124 cm³/mol. The fraction of sp³-hybridized carbons (Fsp3) is 0.500. The van der Waals surface area contributed by atoms with Gasteiger partial charge in [0.2, 0.25) is 5.91 Å². The van der Waals surface area contributed by atoms with Crippen LogP contribution in [0.15, 0.2) is 23.0 Å². The molecule has 1 N–H and O–H groups in total. The highest BCUT2D eigenvalue weighted by atomic mass is 35.5. The Morgan fingerprint density at radius 2 is 1.97 bits per heavy atom. The Kier molecular flexibility index (Phi) is 6.27. The van der Waals surface area contributed by atoms with Gasteiger partial charge in [0.15, 0.2) is 11.2 Å². The van der Waals surface area contributed by atoms with E-state index in [1.807, 2.05) is 4.90 Å². The van der Waals surface area contributed by atoms with Gasteiger partial charge in [0, 0.05) is 41.0 Å². The monoisotopic (exact) mass is 476 g/mol. The molecule has 4 rings (SSSR count). The number of hydrogen-bond acceptors (Lipinski definition) is 5. The lowest BCUT2D eigenvalue weighted by molar-refractivity contribution is -0.134. The average molecular weight is 477 g/mol. The minimum Gasteiger partial charge on any atom is -0.342 e. The standard InChI is InChI=1S/C22H26Cl2N6O2/c1-22(2,3)10-17(31)29-9-5-6-13(11-29)19-25-20-18(21(32)26-19)27-28-30(20)12-14-15(23)7-4-8-16(14)24/h4,7-8,13H,5-6,9-12H2,1-3H3,(H,25,26,32)/t13-/m1/s1. The Balaban J connectivity index is 1.63. The summed E-state index contributed by atoms with van der Waals surface area (Å²) in [5, 5.41) is 9.12. The van der Waals surface area contributed by atoms with Crippen molar-refractivity contribution >= 4 is 40.3 Å². The van der Waals surface area contributed by atoms with Gasteiger partial charge in [-0.3, -0.25) is 9.59 Å². The second-order valence-electron chi connectivity index (χ2n) is 9.49. The molecule has 1 amide bonds. The van der Waals surface area contributed by atoms with Crippen molar-refractivity contribution in [1.29, 1.82) is 0 Å². The number of H-pyrrole nitrogens is 1. The fourth-order valence-electron chi connectivity index (χ4n) is 4.01. The number of likely N-dealkylation sites (tertiary alicyclic amines) is 1. The molecular formula is C22H26Cl2N6O2. The number of rotatable bonds is 4. The highest BCUT2D eigenvalue weighted by Crippen LogP contribution is 2.28. The maximum Gasteiger partial charge on any atom is 0.281 e. The number of carbonyl (C=O) groups is 1. The van der Waals surface area contributed by atoms with Crippen molar-refractivity contribution in [3.63, 3.8) is 0 Å². The van der Waals surface area contributed by atoms with Crippen LogP contribution in [0, 0.1) is 5.41 Å². The fourth-order valence-corrected chi connectivity index (χ4v) is 4.53. The van der Waals surface area contributed by atoms with Gasteiger partial charge in [0.1, 0.15) is 5.82 Å². The molecule has 0 aliphatic carbocycles. The Morgan fingerprint density at radius 3 is 2.66 bits per heavy atom. The molecule has 0 radical (unpaired) electrons. The molecule has 170 valence electrons. The third-order valence-corrected chi connectivity index (χ3v) is 6.31. The van der Waals surface area contributed by atoms with Gasteiger partial charge in [0.05, 0.1) is 6.54 Å². The summed E-state index contributed by atoms with van der Waals surface area (Å²) in [6.45, 7) is 7.66. The van der Waals surface area contributed by atoms with E-state index in [0.29, 0.717) is 40.0 Å². The number of piperidine rings is 1. The number of fused-ring (bicyclic) bond motifs is 1. The van der Waals surface area contributed by atoms with Crippen LogP contribution in [0.25, 0.3) is 11.2 Å². The number of nitrogens with one attached hydrogen (secondary N) is 1. The lowest BCUT2D eigenvalue weighted by atomic mass is 9.90. The molecule has 0 unspecified atom stereocenters. The minimum atomic E-state index is -0.348. The van der Waals surface area contributed by atoms with Gasteiger partial charge in [0.25, 0.3) is 5.56 Å². The van der Waals surface area contributed by atoms with E-state index in [2.05, 4.69) is 36.1 Å². The van der Waals surface area contributed by atoms with E-state index >= 15 is 0 Å². The Labute approximate surface area is 195 Å². The van der Waals surface area contributed by atoms with Crippen molar-refractivity contribution in [2.24, 2.45) is 5.41 Å². The number of aromatic nitrogens is 5. The molecule has 32 heavy (non-hydrogen) atoms. The van der Waals surface area contributed by atoms with Crippen LogP contribution in [0.5, 0.6) is 0 Å². The van der Waals surface area contributed by atoms with Crippen LogP contribution in [-0.2, 0) is 11.3 Å². The SMILES string of the molecule is CC(C)(C)CC(=O)N1CCC[C@@H](c2nc3c(nnn3Cc3c(Cl)cccc3Cl)c(=O)[nH]2)C1. The van der Waals surface area contributed by atoms with Crippen LogP contribution in [0.2, 0.25) is 10.0 Å². The molecular weight excluding hydrogens is 451 g/mol. The highest BCUT2D eigenvalue weighted by molar-refractivity contribution is 6.36. The number of hydrogen-bond donors (Lipinski definition) is 1. The number of amides is 1. The second kappa shape index (κ2) is 8.83. The summed E-state index contributed by atoms with van der Waals surface area (Å²) in [4.78, 5) is 34.9. The number of nitrogens with zero attached hydrogens (tertiary/aromatic N) is 5. The molecule has 0 bridgehead atoms.